The summed E-state index contributed by atoms with van der Waals surface area (Å²) in [7, 11) is 0. The third kappa shape index (κ3) is 5.45. The number of nitrogens with zero attached hydrogens (tertiary/aromatic N) is 1. The normalized spacial score (nSPS) is 17.9. The van der Waals surface area contributed by atoms with E-state index in [-0.39, 0.29) is 40.5 Å². The zero-order valence-corrected chi connectivity index (χ0v) is 13.9. The van der Waals surface area contributed by atoms with Gasteiger partial charge in [0.15, 0.2) is 16.0 Å². The number of Topliss-reactive ketones (excluding diaryl/α,β-unsaturated/α-hetero) is 1. The molecule has 0 aliphatic carbocycles. The number of hydrogen-bond donors (Lipinski definition) is 1. The average Bonchev–Trinajstić information content (AvgIpc) is 2.80. The van der Waals surface area contributed by atoms with Gasteiger partial charge in [-0.2, -0.15) is 0 Å². The molecule has 0 spiro atoms. The van der Waals surface area contributed by atoms with Crippen molar-refractivity contribution in [2.24, 2.45) is 5.92 Å². The van der Waals surface area contributed by atoms with Crippen LogP contribution in [0.4, 0.5) is 0 Å². The lowest BCUT2D eigenvalue weighted by atomic mass is 10.1. The summed E-state index contributed by atoms with van der Waals surface area (Å²) in [6.45, 7) is 2.50. The van der Waals surface area contributed by atoms with Crippen molar-refractivity contribution in [1.29, 1.82) is 0 Å². The number of carbonyl (C=O) groups excluding carboxylic acids is 4. The maximum atomic E-state index is 12.5. The Kier molecular flexibility index (Phi) is 7.08. The lowest BCUT2D eigenvalue weighted by Crippen LogP contribution is -2.45. The van der Waals surface area contributed by atoms with Crippen LogP contribution in [0.3, 0.4) is 0 Å². The molecule has 9 heteroatoms. The van der Waals surface area contributed by atoms with Gasteiger partial charge < -0.3 is 10.0 Å². The molecular weight excluding hydrogens is 330 g/mol. The lowest BCUT2D eigenvalue weighted by Gasteiger charge is -2.25. The van der Waals surface area contributed by atoms with Gasteiger partial charge in [-0.05, 0) is 0 Å². The monoisotopic (exact) mass is 347 g/mol. The van der Waals surface area contributed by atoms with E-state index >= 15 is 0 Å². The number of carbonyl (C=O) groups is 5. The third-order valence-electron chi connectivity index (χ3n) is 3.04. The number of carboxylic acids is 1. The molecule has 0 saturated carbocycles. The molecule has 22 heavy (non-hydrogen) atoms. The van der Waals surface area contributed by atoms with E-state index in [1.807, 2.05) is 0 Å². The first-order valence-electron chi connectivity index (χ1n) is 6.54. The summed E-state index contributed by atoms with van der Waals surface area (Å²) in [5, 5.41) is 8.77. The summed E-state index contributed by atoms with van der Waals surface area (Å²) >= 11 is 1.89. The topological polar surface area (TPSA) is 109 Å². The molecule has 0 radical (unpaired) electrons. The molecule has 0 aromatic rings. The van der Waals surface area contributed by atoms with E-state index in [1.165, 1.54) is 13.8 Å². The molecule has 1 atom stereocenters. The number of aliphatic carboxylic acids is 1. The molecule has 0 aromatic carbocycles. The molecule has 1 heterocycles. The third-order valence-corrected chi connectivity index (χ3v) is 4.99. The zero-order valence-electron chi connectivity index (χ0n) is 12.2. The molecule has 1 rings (SSSR count). The quantitative estimate of drug-likeness (QED) is 0.736. The van der Waals surface area contributed by atoms with E-state index in [1.54, 1.807) is 0 Å². The van der Waals surface area contributed by atoms with E-state index in [4.69, 9.17) is 5.11 Å². The van der Waals surface area contributed by atoms with Crippen LogP contribution < -0.4 is 0 Å². The first-order valence-corrected chi connectivity index (χ1v) is 8.51. The molecule has 1 saturated heterocycles. The number of thioether (sulfide) groups is 2. The molecule has 1 unspecified atom stereocenters. The van der Waals surface area contributed by atoms with Crippen LogP contribution in [0.15, 0.2) is 0 Å². The second-order valence-corrected chi connectivity index (χ2v) is 7.26. The second-order valence-electron chi connectivity index (χ2n) is 4.87. The van der Waals surface area contributed by atoms with Crippen LogP contribution in [0.2, 0.25) is 0 Å². The van der Waals surface area contributed by atoms with Gasteiger partial charge in [0.05, 0.1) is 12.5 Å². The highest BCUT2D eigenvalue weighted by Gasteiger charge is 2.41. The number of rotatable bonds is 6. The molecule has 1 N–H and O–H groups in total. The van der Waals surface area contributed by atoms with Crippen molar-refractivity contribution >= 4 is 51.4 Å². The highest BCUT2D eigenvalue weighted by molar-refractivity contribution is 8.14. The fourth-order valence-corrected chi connectivity index (χ4v) is 3.55. The van der Waals surface area contributed by atoms with Gasteiger partial charge in [-0.15, -0.1) is 0 Å². The predicted octanol–water partition coefficient (Wildman–Crippen LogP) is 0.417. The van der Waals surface area contributed by atoms with Gasteiger partial charge in [0.2, 0.25) is 5.91 Å². The first-order chi connectivity index (χ1) is 10.2. The maximum Gasteiger partial charge on any atom is 0.326 e. The summed E-state index contributed by atoms with van der Waals surface area (Å²) in [6.07, 6.45) is -0.201. The van der Waals surface area contributed by atoms with Crippen molar-refractivity contribution in [3.63, 3.8) is 0 Å². The summed E-state index contributed by atoms with van der Waals surface area (Å²) in [4.78, 5) is 58.3. The Bertz CT molecular complexity index is 489. The smallest absolute Gasteiger partial charge is 0.326 e. The fraction of sp³-hybridized carbons (Fsp3) is 0.615. The van der Waals surface area contributed by atoms with E-state index in [0.29, 0.717) is 0 Å². The Balaban J connectivity index is 2.83. The van der Waals surface area contributed by atoms with E-state index in [9.17, 15) is 24.0 Å². The van der Waals surface area contributed by atoms with Gasteiger partial charge in [-0.1, -0.05) is 23.5 Å². The Hall–Kier alpha value is -1.35. The molecule has 0 bridgehead atoms. The summed E-state index contributed by atoms with van der Waals surface area (Å²) in [5.41, 5.74) is 0. The molecule has 1 fully saturated rings. The fourth-order valence-electron chi connectivity index (χ4n) is 2.00. The van der Waals surface area contributed by atoms with Gasteiger partial charge in [0.25, 0.3) is 0 Å². The number of hydrogen-bond acceptors (Lipinski definition) is 7. The first kappa shape index (κ1) is 18.7. The molecular formula is C13H17NO6S2. The molecule has 1 aliphatic heterocycles. The highest BCUT2D eigenvalue weighted by Crippen LogP contribution is 2.23. The van der Waals surface area contributed by atoms with Crippen LogP contribution in [-0.4, -0.2) is 62.0 Å². The molecule has 1 amide bonds. The van der Waals surface area contributed by atoms with Crippen LogP contribution in [0.5, 0.6) is 0 Å². The van der Waals surface area contributed by atoms with Crippen molar-refractivity contribution in [2.45, 2.75) is 26.3 Å². The van der Waals surface area contributed by atoms with Crippen LogP contribution in [0.25, 0.3) is 0 Å². The number of ketones is 1. The van der Waals surface area contributed by atoms with Crippen LogP contribution >= 0.6 is 23.5 Å². The Labute approximate surface area is 136 Å². The highest BCUT2D eigenvalue weighted by atomic mass is 32.2. The lowest BCUT2D eigenvalue weighted by molar-refractivity contribution is -0.149. The van der Waals surface area contributed by atoms with Crippen LogP contribution in [0, 0.1) is 5.92 Å². The number of likely N-dealkylation sites (tertiary alicyclic amines) is 1. The minimum absolute atomic E-state index is 0.158. The minimum atomic E-state index is -1.23. The van der Waals surface area contributed by atoms with E-state index in [0.717, 1.165) is 28.4 Å². The van der Waals surface area contributed by atoms with Crippen molar-refractivity contribution in [3.05, 3.63) is 0 Å². The maximum absolute atomic E-state index is 12.5. The molecule has 0 aromatic heterocycles. The van der Waals surface area contributed by atoms with Gasteiger partial charge in [-0.3, -0.25) is 19.2 Å². The predicted molar refractivity (Wildman–Crippen MR) is 82.5 cm³/mol. The summed E-state index contributed by atoms with van der Waals surface area (Å²) in [6, 6.07) is -1.16. The Morgan fingerprint density at radius 1 is 1.18 bits per heavy atom. The zero-order chi connectivity index (χ0) is 16.9. The van der Waals surface area contributed by atoms with E-state index < -0.39 is 23.8 Å². The molecule has 7 nitrogen and oxygen atoms in total. The Morgan fingerprint density at radius 2 is 1.68 bits per heavy atom. The van der Waals surface area contributed by atoms with Gasteiger partial charge in [0.1, 0.15) is 6.04 Å². The van der Waals surface area contributed by atoms with E-state index in [2.05, 4.69) is 0 Å². The second kappa shape index (κ2) is 8.33. The number of carboxylic acid groups (broad SMARTS) is 1. The summed E-state index contributed by atoms with van der Waals surface area (Å²) in [5.74, 6) is -2.40. The number of amides is 1. The standard InChI is InChI=1S/C13H17NO6S2/c1-7(15)21-5-9(6-22-8(2)16)12(18)14-4-10(17)3-11(14)13(19)20/h9,11H,3-6H2,1-2H3,(H,19,20). The minimum Gasteiger partial charge on any atom is -0.480 e. The van der Waals surface area contributed by atoms with Crippen molar-refractivity contribution in [1.82, 2.24) is 4.90 Å². The summed E-state index contributed by atoms with van der Waals surface area (Å²) < 4.78 is 0. The van der Waals surface area contributed by atoms with Crippen LogP contribution in [-0.2, 0) is 24.0 Å². The van der Waals surface area contributed by atoms with Crippen molar-refractivity contribution in [2.75, 3.05) is 18.1 Å². The van der Waals surface area contributed by atoms with Crippen molar-refractivity contribution < 1.29 is 29.1 Å². The SMILES string of the molecule is CC(=O)SCC(CSC(C)=O)C(=O)N1CC(=O)CC1C(=O)O. The largest absolute Gasteiger partial charge is 0.480 e. The van der Waals surface area contributed by atoms with Crippen LogP contribution in [0.1, 0.15) is 20.3 Å². The Morgan fingerprint density at radius 3 is 2.09 bits per heavy atom. The average molecular weight is 347 g/mol. The van der Waals surface area contributed by atoms with Gasteiger partial charge in [0, 0.05) is 31.8 Å². The molecule has 122 valence electrons. The van der Waals surface area contributed by atoms with Gasteiger partial charge in [-0.25, -0.2) is 4.79 Å². The molecule has 1 aliphatic rings. The van der Waals surface area contributed by atoms with Gasteiger partial charge >= 0.3 is 5.97 Å². The van der Waals surface area contributed by atoms with Crippen molar-refractivity contribution in [3.8, 4) is 0 Å².